The average Bonchev–Trinajstić information content (AvgIpc) is 2.25. The van der Waals surface area contributed by atoms with Crippen LogP contribution in [0.5, 0.6) is 0 Å². The van der Waals surface area contributed by atoms with Crippen LogP contribution in [0.4, 0.5) is 0 Å². The fourth-order valence-corrected chi connectivity index (χ4v) is 2.27. The summed E-state index contributed by atoms with van der Waals surface area (Å²) >= 11 is 17.1. The Morgan fingerprint density at radius 1 is 1.18 bits per heavy atom. The van der Waals surface area contributed by atoms with E-state index in [9.17, 15) is 9.59 Å². The monoisotopic (exact) mass is 316 g/mol. The number of nitrogens with one attached hydrogen (secondary N) is 1. The molecule has 0 radical (unpaired) electrons. The molecule has 4 nitrogen and oxygen atoms in total. The van der Waals surface area contributed by atoms with Crippen molar-refractivity contribution in [1.29, 1.82) is 0 Å². The first-order valence-corrected chi connectivity index (χ1v) is 6.83. The number of hydrogen-bond donors (Lipinski definition) is 2. The van der Waals surface area contributed by atoms with Crippen LogP contribution in [0.15, 0.2) is 11.1 Å². The minimum absolute atomic E-state index is 0.374. The first kappa shape index (κ1) is 15.0. The standard InChI is InChI=1S/C9H11Cl3N2O2S/c10-9(11,12)17-14-8(16)6-4-2-1-3-5(6)7(13)15/h1-4H2,(H2,13,15)(H,14,16). The van der Waals surface area contributed by atoms with Crippen LogP contribution >= 0.6 is 46.8 Å². The number of rotatable bonds is 3. The van der Waals surface area contributed by atoms with Gasteiger partial charge in [0.05, 0.1) is 0 Å². The number of halogens is 3. The van der Waals surface area contributed by atoms with Gasteiger partial charge in [0.25, 0.3) is 9.03 Å². The second-order valence-corrected chi connectivity index (χ2v) is 7.48. The molecule has 1 aliphatic carbocycles. The molecule has 0 fully saturated rings. The molecule has 0 unspecified atom stereocenters. The zero-order chi connectivity index (χ0) is 13.1. The van der Waals surface area contributed by atoms with E-state index in [1.165, 1.54) is 0 Å². The van der Waals surface area contributed by atoms with Gasteiger partial charge in [-0.05, 0) is 25.7 Å². The van der Waals surface area contributed by atoms with Crippen molar-refractivity contribution in [3.8, 4) is 0 Å². The van der Waals surface area contributed by atoms with E-state index in [4.69, 9.17) is 40.5 Å². The summed E-state index contributed by atoms with van der Waals surface area (Å²) in [4.78, 5) is 23.0. The number of primary amides is 1. The molecule has 96 valence electrons. The maximum atomic E-state index is 11.8. The summed E-state index contributed by atoms with van der Waals surface area (Å²) in [6.45, 7) is 0. The molecular formula is C9H11Cl3N2O2S. The summed E-state index contributed by atoms with van der Waals surface area (Å²) in [5.41, 5.74) is 5.98. The summed E-state index contributed by atoms with van der Waals surface area (Å²) in [5, 5.41) is 0. The molecule has 0 saturated carbocycles. The van der Waals surface area contributed by atoms with Gasteiger partial charge in [0, 0.05) is 23.1 Å². The van der Waals surface area contributed by atoms with Crippen molar-refractivity contribution >= 4 is 58.6 Å². The molecule has 8 heteroatoms. The Balaban J connectivity index is 2.75. The summed E-state index contributed by atoms with van der Waals surface area (Å²) in [5.74, 6) is -0.983. The molecule has 0 aromatic rings. The van der Waals surface area contributed by atoms with E-state index in [0.29, 0.717) is 35.9 Å². The molecule has 0 aromatic carbocycles. The lowest BCUT2D eigenvalue weighted by molar-refractivity contribution is -0.118. The SMILES string of the molecule is NC(=O)C1=C(C(=O)NSC(Cl)(Cl)Cl)CCCC1. The topological polar surface area (TPSA) is 72.2 Å². The van der Waals surface area contributed by atoms with Crippen molar-refractivity contribution < 1.29 is 9.59 Å². The first-order valence-electron chi connectivity index (χ1n) is 4.88. The zero-order valence-corrected chi connectivity index (χ0v) is 11.8. The number of nitrogens with two attached hydrogens (primary N) is 1. The molecule has 0 atom stereocenters. The van der Waals surface area contributed by atoms with E-state index in [-0.39, 0.29) is 0 Å². The lowest BCUT2D eigenvalue weighted by atomic mass is 9.91. The Labute approximate surface area is 118 Å². The van der Waals surface area contributed by atoms with Gasteiger partial charge >= 0.3 is 0 Å². The van der Waals surface area contributed by atoms with Crippen molar-refractivity contribution in [3.63, 3.8) is 0 Å². The highest BCUT2D eigenvalue weighted by Crippen LogP contribution is 2.37. The van der Waals surface area contributed by atoms with Crippen molar-refractivity contribution in [1.82, 2.24) is 4.72 Å². The number of alkyl halides is 3. The highest BCUT2D eigenvalue weighted by molar-refractivity contribution is 8.03. The third-order valence-electron chi connectivity index (χ3n) is 2.30. The second kappa shape index (κ2) is 6.18. The predicted octanol–water partition coefficient (Wildman–Crippen LogP) is 2.43. The Morgan fingerprint density at radius 3 is 2.18 bits per heavy atom. The van der Waals surface area contributed by atoms with Crippen LogP contribution in [0.1, 0.15) is 25.7 Å². The molecule has 1 aliphatic rings. The maximum absolute atomic E-state index is 11.8. The van der Waals surface area contributed by atoms with Crippen LogP contribution in [0.2, 0.25) is 0 Å². The minimum Gasteiger partial charge on any atom is -0.366 e. The highest BCUT2D eigenvalue weighted by atomic mass is 35.6. The lowest BCUT2D eigenvalue weighted by Gasteiger charge is -2.18. The lowest BCUT2D eigenvalue weighted by Crippen LogP contribution is -2.27. The summed E-state index contributed by atoms with van der Waals surface area (Å²) in [6.07, 6.45) is 2.74. The van der Waals surface area contributed by atoms with Gasteiger partial charge in [-0.3, -0.25) is 14.3 Å². The van der Waals surface area contributed by atoms with E-state index < -0.39 is 14.9 Å². The molecule has 0 aliphatic heterocycles. The molecule has 0 saturated heterocycles. The number of carbonyl (C=O) groups is 2. The van der Waals surface area contributed by atoms with E-state index in [1.807, 2.05) is 0 Å². The van der Waals surface area contributed by atoms with Crippen LogP contribution in [0.3, 0.4) is 0 Å². The van der Waals surface area contributed by atoms with E-state index in [2.05, 4.69) is 4.72 Å². The van der Waals surface area contributed by atoms with Gasteiger partial charge in [0.1, 0.15) is 0 Å². The molecule has 3 N–H and O–H groups in total. The molecule has 0 spiro atoms. The summed E-state index contributed by atoms with van der Waals surface area (Å²) < 4.78 is 0.766. The van der Waals surface area contributed by atoms with Gasteiger partial charge in [-0.15, -0.1) is 0 Å². The summed E-state index contributed by atoms with van der Waals surface area (Å²) in [6, 6.07) is 0. The molecule has 2 amide bonds. The molecule has 0 bridgehead atoms. The molecule has 17 heavy (non-hydrogen) atoms. The van der Waals surface area contributed by atoms with Crippen molar-refractivity contribution in [2.45, 2.75) is 28.8 Å². The highest BCUT2D eigenvalue weighted by Gasteiger charge is 2.26. The quantitative estimate of drug-likeness (QED) is 0.620. The van der Waals surface area contributed by atoms with Gasteiger partial charge in [0.15, 0.2) is 0 Å². The Kier molecular flexibility index (Phi) is 5.44. The predicted molar refractivity (Wildman–Crippen MR) is 70.7 cm³/mol. The molecule has 0 heterocycles. The van der Waals surface area contributed by atoms with Gasteiger partial charge in [-0.2, -0.15) is 0 Å². The van der Waals surface area contributed by atoms with Crippen LogP contribution in [0.25, 0.3) is 0 Å². The van der Waals surface area contributed by atoms with Crippen LogP contribution < -0.4 is 10.5 Å². The smallest absolute Gasteiger partial charge is 0.257 e. The van der Waals surface area contributed by atoms with Crippen LogP contribution in [0, 0.1) is 0 Å². The van der Waals surface area contributed by atoms with Gasteiger partial charge in [-0.1, -0.05) is 34.8 Å². The van der Waals surface area contributed by atoms with Crippen LogP contribution in [-0.4, -0.2) is 14.9 Å². The second-order valence-electron chi connectivity index (χ2n) is 3.51. The van der Waals surface area contributed by atoms with Gasteiger partial charge in [0.2, 0.25) is 5.91 Å². The van der Waals surface area contributed by atoms with E-state index in [0.717, 1.165) is 12.8 Å². The largest absolute Gasteiger partial charge is 0.366 e. The first-order chi connectivity index (χ1) is 7.81. The van der Waals surface area contributed by atoms with Crippen molar-refractivity contribution in [2.24, 2.45) is 5.73 Å². The van der Waals surface area contributed by atoms with Crippen molar-refractivity contribution in [3.05, 3.63) is 11.1 Å². The van der Waals surface area contributed by atoms with Crippen molar-refractivity contribution in [2.75, 3.05) is 0 Å². The van der Waals surface area contributed by atoms with E-state index >= 15 is 0 Å². The van der Waals surface area contributed by atoms with Gasteiger partial charge < -0.3 is 5.73 Å². The Bertz CT molecular complexity index is 366. The zero-order valence-electron chi connectivity index (χ0n) is 8.76. The fraction of sp³-hybridized carbons (Fsp3) is 0.556. The third-order valence-corrected chi connectivity index (χ3v) is 3.51. The molecule has 1 rings (SSSR count). The number of hydrogen-bond acceptors (Lipinski definition) is 3. The van der Waals surface area contributed by atoms with Crippen LogP contribution in [-0.2, 0) is 9.59 Å². The molecular weight excluding hydrogens is 307 g/mol. The third kappa shape index (κ3) is 4.95. The summed E-state index contributed by atoms with van der Waals surface area (Å²) in [7, 11) is 0. The minimum atomic E-state index is -1.63. The van der Waals surface area contributed by atoms with Gasteiger partial charge in [-0.25, -0.2) is 0 Å². The normalized spacial score (nSPS) is 16.9. The fourth-order valence-electron chi connectivity index (χ4n) is 1.59. The molecule has 0 aromatic heterocycles. The maximum Gasteiger partial charge on any atom is 0.257 e. The Hall–Kier alpha value is -0.100. The Morgan fingerprint density at radius 2 is 1.71 bits per heavy atom. The number of amides is 2. The van der Waals surface area contributed by atoms with E-state index in [1.54, 1.807) is 0 Å². The average molecular weight is 318 g/mol. The number of carbonyl (C=O) groups excluding carboxylic acids is 2.